The molecule has 0 aliphatic carbocycles. The summed E-state index contributed by atoms with van der Waals surface area (Å²) in [6, 6.07) is 2.14. The van der Waals surface area contributed by atoms with Crippen LogP contribution >= 0.6 is 0 Å². The Labute approximate surface area is 106 Å². The molecular weight excluding hydrogens is 259 g/mol. The number of likely N-dealkylation sites (N-methyl/N-ethyl adjacent to an activating group) is 1. The lowest BCUT2D eigenvalue weighted by Crippen LogP contribution is -2.33. The van der Waals surface area contributed by atoms with E-state index in [1.165, 1.54) is 27.0 Å². The molecule has 0 aliphatic rings. The number of halogens is 1. The zero-order valence-electron chi connectivity index (χ0n) is 10.5. The van der Waals surface area contributed by atoms with Crippen molar-refractivity contribution >= 4 is 15.7 Å². The highest BCUT2D eigenvalue weighted by molar-refractivity contribution is 7.89. The molecular formula is C11H17FN2O3S. The number of hydrogen-bond donors (Lipinski definition) is 2. The fourth-order valence-electron chi connectivity index (χ4n) is 1.47. The highest BCUT2D eigenvalue weighted by atomic mass is 32.2. The largest absolute Gasteiger partial charge is 0.398 e. The molecule has 0 radical (unpaired) electrons. The first-order valence-corrected chi connectivity index (χ1v) is 6.80. The van der Waals surface area contributed by atoms with Crippen LogP contribution in [0.3, 0.4) is 0 Å². The molecule has 1 atom stereocenters. The summed E-state index contributed by atoms with van der Waals surface area (Å²) >= 11 is 0. The summed E-state index contributed by atoms with van der Waals surface area (Å²) < 4.78 is 38.6. The fraction of sp³-hybridized carbons (Fsp3) is 0.455. The Kier molecular flexibility index (Phi) is 4.31. The van der Waals surface area contributed by atoms with E-state index in [2.05, 4.69) is 0 Å². The number of hydrogen-bond acceptors (Lipinski definition) is 4. The number of aliphatic hydroxyl groups excluding tert-OH is 1. The summed E-state index contributed by atoms with van der Waals surface area (Å²) in [7, 11) is -2.53. The maximum atomic E-state index is 13.5. The average molecular weight is 276 g/mol. The minimum absolute atomic E-state index is 0.0717. The van der Waals surface area contributed by atoms with Gasteiger partial charge in [0.15, 0.2) is 0 Å². The van der Waals surface area contributed by atoms with Crippen LogP contribution in [0.15, 0.2) is 17.0 Å². The fourth-order valence-corrected chi connectivity index (χ4v) is 2.77. The number of benzene rings is 1. The highest BCUT2D eigenvalue weighted by Crippen LogP contribution is 2.23. The van der Waals surface area contributed by atoms with E-state index in [0.29, 0.717) is 0 Å². The normalized spacial score (nSPS) is 13.9. The maximum Gasteiger partial charge on any atom is 0.243 e. The first kappa shape index (κ1) is 14.9. The van der Waals surface area contributed by atoms with Crippen molar-refractivity contribution in [2.45, 2.75) is 24.8 Å². The summed E-state index contributed by atoms with van der Waals surface area (Å²) in [6.07, 6.45) is -0.808. The number of anilines is 1. The summed E-state index contributed by atoms with van der Waals surface area (Å²) in [5, 5.41) is 9.18. The zero-order chi connectivity index (χ0) is 14.1. The third-order valence-corrected chi connectivity index (χ3v) is 4.39. The van der Waals surface area contributed by atoms with Crippen LogP contribution in [0, 0.1) is 12.7 Å². The first-order valence-electron chi connectivity index (χ1n) is 5.36. The lowest BCUT2D eigenvalue weighted by atomic mass is 10.2. The van der Waals surface area contributed by atoms with E-state index in [1.807, 2.05) is 0 Å². The van der Waals surface area contributed by atoms with E-state index in [1.54, 1.807) is 0 Å². The van der Waals surface area contributed by atoms with Crippen LogP contribution in [0.1, 0.15) is 12.5 Å². The van der Waals surface area contributed by atoms with E-state index >= 15 is 0 Å². The molecule has 3 N–H and O–H groups in total. The van der Waals surface area contributed by atoms with E-state index < -0.39 is 21.9 Å². The lowest BCUT2D eigenvalue weighted by molar-refractivity contribution is 0.171. The molecule has 1 rings (SSSR count). The molecule has 0 saturated carbocycles. The molecule has 0 spiro atoms. The molecule has 1 aromatic carbocycles. The predicted molar refractivity (Wildman–Crippen MR) is 67.0 cm³/mol. The summed E-state index contributed by atoms with van der Waals surface area (Å²) in [6.45, 7) is 2.87. The van der Waals surface area contributed by atoms with Gasteiger partial charge in [0.1, 0.15) is 5.82 Å². The summed E-state index contributed by atoms with van der Waals surface area (Å²) in [5.41, 5.74) is 5.84. The van der Waals surface area contributed by atoms with Crippen LogP contribution < -0.4 is 5.73 Å². The third-order valence-electron chi connectivity index (χ3n) is 2.59. The molecule has 18 heavy (non-hydrogen) atoms. The Hall–Kier alpha value is -1.18. The molecule has 0 aromatic heterocycles. The Bertz CT molecular complexity index is 520. The van der Waals surface area contributed by atoms with Crippen molar-refractivity contribution < 1.29 is 17.9 Å². The molecule has 5 nitrogen and oxygen atoms in total. The second-order valence-corrected chi connectivity index (χ2v) is 6.30. The molecule has 102 valence electrons. The molecule has 0 amide bonds. The van der Waals surface area contributed by atoms with Gasteiger partial charge < -0.3 is 10.8 Å². The highest BCUT2D eigenvalue weighted by Gasteiger charge is 2.23. The van der Waals surface area contributed by atoms with Gasteiger partial charge in [-0.2, -0.15) is 4.31 Å². The first-order chi connectivity index (χ1) is 8.16. The van der Waals surface area contributed by atoms with Crippen LogP contribution in [0.5, 0.6) is 0 Å². The summed E-state index contributed by atoms with van der Waals surface area (Å²) in [5.74, 6) is -0.668. The second kappa shape index (κ2) is 5.21. The van der Waals surface area contributed by atoms with Gasteiger partial charge in [-0.05, 0) is 26.0 Å². The molecule has 0 fully saturated rings. The Morgan fingerprint density at radius 2 is 2.06 bits per heavy atom. The topological polar surface area (TPSA) is 83.6 Å². The van der Waals surface area contributed by atoms with E-state index in [9.17, 15) is 17.9 Å². The average Bonchev–Trinajstić information content (AvgIpc) is 2.24. The van der Waals surface area contributed by atoms with Gasteiger partial charge in [0, 0.05) is 24.8 Å². The van der Waals surface area contributed by atoms with Crippen LogP contribution in [-0.2, 0) is 10.0 Å². The minimum atomic E-state index is -3.84. The van der Waals surface area contributed by atoms with Crippen LogP contribution in [0.2, 0.25) is 0 Å². The molecule has 0 heterocycles. The standard InChI is InChI=1S/C11H17FN2O3S/c1-7(15)6-14(3)18(16,17)9-4-10(12)8(2)11(13)5-9/h4-5,7,15H,6,13H2,1-3H3. The molecule has 0 aliphatic heterocycles. The number of aliphatic hydroxyl groups is 1. The van der Waals surface area contributed by atoms with Gasteiger partial charge in [-0.1, -0.05) is 0 Å². The van der Waals surface area contributed by atoms with Gasteiger partial charge in [-0.25, -0.2) is 12.8 Å². The summed E-state index contributed by atoms with van der Waals surface area (Å²) in [4.78, 5) is -0.216. The van der Waals surface area contributed by atoms with Crippen molar-refractivity contribution in [3.63, 3.8) is 0 Å². The SMILES string of the molecule is Cc1c(N)cc(S(=O)(=O)N(C)CC(C)O)cc1F. The van der Waals surface area contributed by atoms with Crippen molar-refractivity contribution in [2.24, 2.45) is 0 Å². The monoisotopic (exact) mass is 276 g/mol. The van der Waals surface area contributed by atoms with Crippen molar-refractivity contribution in [1.29, 1.82) is 0 Å². The Morgan fingerprint density at radius 3 is 2.50 bits per heavy atom. The van der Waals surface area contributed by atoms with Crippen LogP contribution in [0.25, 0.3) is 0 Å². The van der Waals surface area contributed by atoms with Gasteiger partial charge in [-0.15, -0.1) is 0 Å². The van der Waals surface area contributed by atoms with Gasteiger partial charge in [0.05, 0.1) is 11.0 Å². The van der Waals surface area contributed by atoms with Gasteiger partial charge in [0.2, 0.25) is 10.0 Å². The van der Waals surface area contributed by atoms with E-state index in [-0.39, 0.29) is 22.7 Å². The number of sulfonamides is 1. The Balaban J connectivity index is 3.21. The number of nitrogens with two attached hydrogens (primary N) is 1. The molecule has 0 saturated heterocycles. The van der Waals surface area contributed by atoms with Gasteiger partial charge >= 0.3 is 0 Å². The van der Waals surface area contributed by atoms with Crippen molar-refractivity contribution in [3.05, 3.63) is 23.5 Å². The number of rotatable bonds is 4. The molecule has 1 unspecified atom stereocenters. The predicted octanol–water partition coefficient (Wildman–Crippen LogP) is 0.718. The van der Waals surface area contributed by atoms with Crippen molar-refractivity contribution in [1.82, 2.24) is 4.31 Å². The molecule has 7 heteroatoms. The van der Waals surface area contributed by atoms with E-state index in [0.717, 1.165) is 10.4 Å². The molecule has 0 bridgehead atoms. The second-order valence-electron chi connectivity index (χ2n) is 4.25. The van der Waals surface area contributed by atoms with Crippen LogP contribution in [-0.4, -0.2) is 37.5 Å². The van der Waals surface area contributed by atoms with Gasteiger partial charge in [0.25, 0.3) is 0 Å². The number of nitrogen functional groups attached to an aromatic ring is 1. The number of nitrogens with zero attached hydrogens (tertiary/aromatic N) is 1. The smallest absolute Gasteiger partial charge is 0.243 e. The minimum Gasteiger partial charge on any atom is -0.398 e. The Morgan fingerprint density at radius 1 is 1.50 bits per heavy atom. The third kappa shape index (κ3) is 2.98. The van der Waals surface area contributed by atoms with Crippen LogP contribution in [0.4, 0.5) is 10.1 Å². The van der Waals surface area contributed by atoms with E-state index in [4.69, 9.17) is 5.73 Å². The van der Waals surface area contributed by atoms with Crippen molar-refractivity contribution in [2.75, 3.05) is 19.3 Å². The zero-order valence-corrected chi connectivity index (χ0v) is 11.3. The van der Waals surface area contributed by atoms with Crippen molar-refractivity contribution in [3.8, 4) is 0 Å². The van der Waals surface area contributed by atoms with Gasteiger partial charge in [-0.3, -0.25) is 0 Å². The maximum absolute atomic E-state index is 13.5. The quantitative estimate of drug-likeness (QED) is 0.794. The molecule has 1 aromatic rings. The lowest BCUT2D eigenvalue weighted by Gasteiger charge is -2.19.